The molecule has 0 amide bonds. The Morgan fingerprint density at radius 2 is 1.86 bits per heavy atom. The first-order chi connectivity index (χ1) is 6.72. The molecule has 1 aromatic rings. The molecule has 0 aromatic heterocycles. The summed E-state index contributed by atoms with van der Waals surface area (Å²) in [6.07, 6.45) is 0. The second-order valence-corrected chi connectivity index (χ2v) is 3.17. The van der Waals surface area contributed by atoms with Crippen LogP contribution in [0.4, 0.5) is 4.39 Å². The molecular formula is C11H15FO2. The van der Waals surface area contributed by atoms with Gasteiger partial charge in [-0.3, -0.25) is 4.39 Å². The smallest absolute Gasteiger partial charge is 0.160 e. The first kappa shape index (κ1) is 10.8. The molecule has 0 saturated carbocycles. The van der Waals surface area contributed by atoms with E-state index in [1.165, 1.54) is 0 Å². The maximum Gasteiger partial charge on any atom is 0.160 e. The lowest BCUT2D eigenvalue weighted by Crippen LogP contribution is -1.97. The second kappa shape index (κ2) is 4.84. The quantitative estimate of drug-likeness (QED) is 0.740. The van der Waals surface area contributed by atoms with Crippen molar-refractivity contribution in [3.8, 4) is 11.5 Å². The van der Waals surface area contributed by atoms with Crippen molar-refractivity contribution in [1.29, 1.82) is 0 Å². The van der Waals surface area contributed by atoms with Gasteiger partial charge in [0.05, 0.1) is 20.9 Å². The third-order valence-electron chi connectivity index (χ3n) is 2.21. The van der Waals surface area contributed by atoms with Gasteiger partial charge in [-0.25, -0.2) is 0 Å². The van der Waals surface area contributed by atoms with Crippen molar-refractivity contribution >= 4 is 0 Å². The number of halogens is 1. The highest BCUT2D eigenvalue weighted by Crippen LogP contribution is 2.30. The van der Waals surface area contributed by atoms with Crippen molar-refractivity contribution in [3.05, 3.63) is 23.8 Å². The van der Waals surface area contributed by atoms with Crippen LogP contribution in [0.2, 0.25) is 0 Å². The number of hydrogen-bond donors (Lipinski definition) is 0. The standard InChI is InChI=1S/C11H15FO2/c1-8(7-12)9-4-5-10(13-2)11(6-9)14-3/h4-6,8H,7H2,1-3H3. The van der Waals surface area contributed by atoms with Crippen LogP contribution < -0.4 is 9.47 Å². The van der Waals surface area contributed by atoms with Crippen molar-refractivity contribution in [1.82, 2.24) is 0 Å². The summed E-state index contributed by atoms with van der Waals surface area (Å²) < 4.78 is 22.6. The Morgan fingerprint density at radius 1 is 1.21 bits per heavy atom. The van der Waals surface area contributed by atoms with Crippen LogP contribution in [-0.4, -0.2) is 20.9 Å². The van der Waals surface area contributed by atoms with Gasteiger partial charge in [-0.1, -0.05) is 13.0 Å². The molecule has 1 unspecified atom stereocenters. The molecule has 3 heteroatoms. The molecule has 0 aliphatic carbocycles. The lowest BCUT2D eigenvalue weighted by molar-refractivity contribution is 0.353. The fourth-order valence-corrected chi connectivity index (χ4v) is 1.25. The van der Waals surface area contributed by atoms with E-state index in [-0.39, 0.29) is 12.6 Å². The van der Waals surface area contributed by atoms with Gasteiger partial charge in [-0.05, 0) is 17.7 Å². The van der Waals surface area contributed by atoms with E-state index < -0.39 is 0 Å². The Hall–Kier alpha value is -1.25. The largest absolute Gasteiger partial charge is 0.493 e. The highest BCUT2D eigenvalue weighted by atomic mass is 19.1. The molecule has 78 valence electrons. The molecule has 0 spiro atoms. The van der Waals surface area contributed by atoms with Crippen LogP contribution in [0.15, 0.2) is 18.2 Å². The van der Waals surface area contributed by atoms with E-state index in [0.29, 0.717) is 11.5 Å². The summed E-state index contributed by atoms with van der Waals surface area (Å²) in [4.78, 5) is 0. The summed E-state index contributed by atoms with van der Waals surface area (Å²) in [6, 6.07) is 5.45. The minimum absolute atomic E-state index is 0.102. The predicted molar refractivity (Wildman–Crippen MR) is 53.9 cm³/mol. The molecule has 0 bridgehead atoms. The van der Waals surface area contributed by atoms with E-state index in [1.807, 2.05) is 19.1 Å². The normalized spacial score (nSPS) is 12.3. The zero-order valence-corrected chi connectivity index (χ0v) is 8.71. The predicted octanol–water partition coefficient (Wildman–Crippen LogP) is 2.78. The molecule has 0 saturated heterocycles. The van der Waals surface area contributed by atoms with Crippen LogP contribution in [-0.2, 0) is 0 Å². The molecule has 1 rings (SSSR count). The molecule has 0 N–H and O–H groups in total. The fourth-order valence-electron chi connectivity index (χ4n) is 1.25. The van der Waals surface area contributed by atoms with Gasteiger partial charge in [0, 0.05) is 5.92 Å². The summed E-state index contributed by atoms with van der Waals surface area (Å²) in [6.45, 7) is 1.47. The van der Waals surface area contributed by atoms with Crippen molar-refractivity contribution in [3.63, 3.8) is 0 Å². The van der Waals surface area contributed by atoms with Crippen molar-refractivity contribution in [2.45, 2.75) is 12.8 Å². The first-order valence-corrected chi connectivity index (χ1v) is 4.50. The maximum absolute atomic E-state index is 12.4. The molecule has 2 nitrogen and oxygen atoms in total. The Labute approximate surface area is 83.6 Å². The van der Waals surface area contributed by atoms with E-state index in [2.05, 4.69) is 0 Å². The number of rotatable bonds is 4. The highest BCUT2D eigenvalue weighted by Gasteiger charge is 2.09. The van der Waals surface area contributed by atoms with Crippen LogP contribution in [0, 0.1) is 0 Å². The van der Waals surface area contributed by atoms with Crippen LogP contribution in [0.25, 0.3) is 0 Å². The van der Waals surface area contributed by atoms with Gasteiger partial charge in [0.2, 0.25) is 0 Å². The molecule has 0 radical (unpaired) electrons. The summed E-state index contributed by atoms with van der Waals surface area (Å²) in [5, 5.41) is 0. The van der Waals surface area contributed by atoms with E-state index in [1.54, 1.807) is 20.3 Å². The molecule has 0 aliphatic heterocycles. The van der Waals surface area contributed by atoms with Gasteiger partial charge in [0.15, 0.2) is 11.5 Å². The lowest BCUT2D eigenvalue weighted by Gasteiger charge is -2.12. The van der Waals surface area contributed by atoms with Gasteiger partial charge in [-0.15, -0.1) is 0 Å². The Bertz CT molecular complexity index is 299. The maximum atomic E-state index is 12.4. The van der Waals surface area contributed by atoms with Crippen LogP contribution in [0.1, 0.15) is 18.4 Å². The molecular weight excluding hydrogens is 183 g/mol. The molecule has 0 fully saturated rings. The summed E-state index contributed by atoms with van der Waals surface area (Å²) >= 11 is 0. The van der Waals surface area contributed by atoms with Crippen molar-refractivity contribution < 1.29 is 13.9 Å². The van der Waals surface area contributed by atoms with Crippen molar-refractivity contribution in [2.75, 3.05) is 20.9 Å². The summed E-state index contributed by atoms with van der Waals surface area (Å²) in [5.41, 5.74) is 0.921. The average Bonchev–Trinajstić information content (AvgIpc) is 2.26. The monoisotopic (exact) mass is 198 g/mol. The minimum atomic E-state index is -0.366. The number of methoxy groups -OCH3 is 2. The van der Waals surface area contributed by atoms with Gasteiger partial charge in [0.1, 0.15) is 0 Å². The average molecular weight is 198 g/mol. The van der Waals surface area contributed by atoms with E-state index in [0.717, 1.165) is 5.56 Å². The number of benzene rings is 1. The van der Waals surface area contributed by atoms with Crippen LogP contribution in [0.5, 0.6) is 11.5 Å². The van der Waals surface area contributed by atoms with Gasteiger partial charge >= 0.3 is 0 Å². The van der Waals surface area contributed by atoms with Crippen LogP contribution in [0.3, 0.4) is 0 Å². The molecule has 14 heavy (non-hydrogen) atoms. The molecule has 1 atom stereocenters. The summed E-state index contributed by atoms with van der Waals surface area (Å²) in [7, 11) is 3.15. The van der Waals surface area contributed by atoms with Crippen molar-refractivity contribution in [2.24, 2.45) is 0 Å². The van der Waals surface area contributed by atoms with Crippen LogP contribution >= 0.6 is 0 Å². The van der Waals surface area contributed by atoms with E-state index in [9.17, 15) is 4.39 Å². The topological polar surface area (TPSA) is 18.5 Å². The zero-order valence-electron chi connectivity index (χ0n) is 8.71. The molecule has 1 aromatic carbocycles. The molecule has 0 aliphatic rings. The lowest BCUT2D eigenvalue weighted by atomic mass is 10.0. The minimum Gasteiger partial charge on any atom is -0.493 e. The Balaban J connectivity index is 3.01. The van der Waals surface area contributed by atoms with Gasteiger partial charge in [0.25, 0.3) is 0 Å². The molecule has 0 heterocycles. The first-order valence-electron chi connectivity index (χ1n) is 4.50. The SMILES string of the molecule is COc1ccc(C(C)CF)cc1OC. The fraction of sp³-hybridized carbons (Fsp3) is 0.455. The third-order valence-corrected chi connectivity index (χ3v) is 2.21. The zero-order chi connectivity index (χ0) is 10.6. The number of hydrogen-bond acceptors (Lipinski definition) is 2. The van der Waals surface area contributed by atoms with Gasteiger partial charge in [-0.2, -0.15) is 0 Å². The third kappa shape index (κ3) is 2.16. The summed E-state index contributed by atoms with van der Waals surface area (Å²) in [5.74, 6) is 1.21. The highest BCUT2D eigenvalue weighted by molar-refractivity contribution is 5.43. The Kier molecular flexibility index (Phi) is 3.74. The number of ether oxygens (including phenoxy) is 2. The second-order valence-electron chi connectivity index (χ2n) is 3.17. The Morgan fingerprint density at radius 3 is 2.36 bits per heavy atom. The van der Waals surface area contributed by atoms with E-state index in [4.69, 9.17) is 9.47 Å². The van der Waals surface area contributed by atoms with Gasteiger partial charge < -0.3 is 9.47 Å². The number of alkyl halides is 1. The van der Waals surface area contributed by atoms with E-state index >= 15 is 0 Å².